The standard InChI is InChI=1S/C15H16F2N2/c1-10-3-2-4-11(7-10)8-15(19-18)13-6-5-12(16)9-14(13)17/h2-7,9,15,19H,8,18H2,1H3. The van der Waals surface area contributed by atoms with Crippen molar-refractivity contribution in [2.75, 3.05) is 0 Å². The van der Waals surface area contributed by atoms with Crippen molar-refractivity contribution in [1.82, 2.24) is 5.43 Å². The van der Waals surface area contributed by atoms with E-state index in [2.05, 4.69) is 5.43 Å². The highest BCUT2D eigenvalue weighted by atomic mass is 19.1. The molecular weight excluding hydrogens is 246 g/mol. The molecule has 0 saturated heterocycles. The Morgan fingerprint density at radius 2 is 1.95 bits per heavy atom. The van der Waals surface area contributed by atoms with E-state index in [9.17, 15) is 8.78 Å². The number of benzene rings is 2. The van der Waals surface area contributed by atoms with E-state index in [-0.39, 0.29) is 6.04 Å². The first kappa shape index (κ1) is 13.6. The first-order chi connectivity index (χ1) is 9.10. The Balaban J connectivity index is 2.25. The average Bonchev–Trinajstić information content (AvgIpc) is 2.37. The van der Waals surface area contributed by atoms with Gasteiger partial charge < -0.3 is 0 Å². The second-order valence-electron chi connectivity index (χ2n) is 4.58. The monoisotopic (exact) mass is 262 g/mol. The zero-order valence-corrected chi connectivity index (χ0v) is 10.7. The summed E-state index contributed by atoms with van der Waals surface area (Å²) in [6, 6.07) is 11.1. The van der Waals surface area contributed by atoms with Gasteiger partial charge in [-0.3, -0.25) is 11.3 Å². The summed E-state index contributed by atoms with van der Waals surface area (Å²) >= 11 is 0. The van der Waals surface area contributed by atoms with Gasteiger partial charge in [0.05, 0.1) is 6.04 Å². The third-order valence-electron chi connectivity index (χ3n) is 3.06. The zero-order valence-electron chi connectivity index (χ0n) is 10.7. The van der Waals surface area contributed by atoms with Crippen molar-refractivity contribution in [3.8, 4) is 0 Å². The molecule has 1 atom stereocenters. The predicted octanol–water partition coefficient (Wildman–Crippen LogP) is 3.02. The molecule has 0 bridgehead atoms. The van der Waals surface area contributed by atoms with Crippen LogP contribution < -0.4 is 11.3 Å². The summed E-state index contributed by atoms with van der Waals surface area (Å²) in [6.07, 6.45) is 0.542. The maximum absolute atomic E-state index is 13.7. The van der Waals surface area contributed by atoms with Crippen molar-refractivity contribution in [2.24, 2.45) is 5.84 Å². The molecule has 2 rings (SSSR count). The molecule has 0 heterocycles. The normalized spacial score (nSPS) is 12.4. The van der Waals surface area contributed by atoms with Crippen LogP contribution in [0.1, 0.15) is 22.7 Å². The molecule has 0 aliphatic heterocycles. The molecule has 0 amide bonds. The number of hydrazine groups is 1. The number of nitrogens with two attached hydrogens (primary N) is 1. The Hall–Kier alpha value is -1.78. The summed E-state index contributed by atoms with van der Waals surface area (Å²) in [5.74, 6) is 4.31. The van der Waals surface area contributed by atoms with E-state index in [1.54, 1.807) is 0 Å². The largest absolute Gasteiger partial charge is 0.271 e. The molecule has 2 aromatic carbocycles. The zero-order chi connectivity index (χ0) is 13.8. The number of nitrogens with one attached hydrogen (secondary N) is 1. The summed E-state index contributed by atoms with van der Waals surface area (Å²) in [5, 5.41) is 0. The van der Waals surface area contributed by atoms with Gasteiger partial charge in [-0.25, -0.2) is 8.78 Å². The van der Waals surface area contributed by atoms with E-state index in [4.69, 9.17) is 5.84 Å². The first-order valence-electron chi connectivity index (χ1n) is 6.07. The van der Waals surface area contributed by atoms with Gasteiger partial charge in [0, 0.05) is 11.6 Å². The lowest BCUT2D eigenvalue weighted by molar-refractivity contribution is 0.502. The fourth-order valence-electron chi connectivity index (χ4n) is 2.12. The van der Waals surface area contributed by atoms with Crippen LogP contribution in [-0.4, -0.2) is 0 Å². The van der Waals surface area contributed by atoms with Gasteiger partial charge in [0.25, 0.3) is 0 Å². The molecule has 0 spiro atoms. The maximum Gasteiger partial charge on any atom is 0.130 e. The minimum Gasteiger partial charge on any atom is -0.271 e. The number of aryl methyl sites for hydroxylation is 1. The SMILES string of the molecule is Cc1cccc(CC(NN)c2ccc(F)cc2F)c1. The van der Waals surface area contributed by atoms with E-state index < -0.39 is 11.6 Å². The van der Waals surface area contributed by atoms with Crippen LogP contribution in [0.15, 0.2) is 42.5 Å². The van der Waals surface area contributed by atoms with Gasteiger partial charge in [-0.05, 0) is 25.0 Å². The smallest absolute Gasteiger partial charge is 0.130 e. The Labute approximate surface area is 111 Å². The third-order valence-corrected chi connectivity index (χ3v) is 3.06. The molecule has 0 saturated carbocycles. The highest BCUT2D eigenvalue weighted by molar-refractivity contribution is 5.27. The molecule has 100 valence electrons. The van der Waals surface area contributed by atoms with Gasteiger partial charge in [0.2, 0.25) is 0 Å². The maximum atomic E-state index is 13.7. The Morgan fingerprint density at radius 1 is 1.16 bits per heavy atom. The highest BCUT2D eigenvalue weighted by Gasteiger charge is 2.15. The van der Waals surface area contributed by atoms with Crippen molar-refractivity contribution in [2.45, 2.75) is 19.4 Å². The predicted molar refractivity (Wildman–Crippen MR) is 71.3 cm³/mol. The second kappa shape index (κ2) is 5.91. The molecule has 1 unspecified atom stereocenters. The molecule has 3 N–H and O–H groups in total. The summed E-state index contributed by atoms with van der Waals surface area (Å²) in [5.41, 5.74) is 5.13. The second-order valence-corrected chi connectivity index (χ2v) is 4.58. The topological polar surface area (TPSA) is 38.0 Å². The van der Waals surface area contributed by atoms with Crippen LogP contribution >= 0.6 is 0 Å². The molecule has 0 fully saturated rings. The lowest BCUT2D eigenvalue weighted by atomic mass is 9.98. The summed E-state index contributed by atoms with van der Waals surface area (Å²) in [6.45, 7) is 1.99. The third kappa shape index (κ3) is 3.36. The number of halogens is 2. The molecule has 19 heavy (non-hydrogen) atoms. The van der Waals surface area contributed by atoms with Gasteiger partial charge in [-0.1, -0.05) is 35.9 Å². The fourth-order valence-corrected chi connectivity index (χ4v) is 2.12. The average molecular weight is 262 g/mol. The number of rotatable bonds is 4. The molecule has 2 aromatic rings. The van der Waals surface area contributed by atoms with E-state index >= 15 is 0 Å². The van der Waals surface area contributed by atoms with Crippen molar-refractivity contribution in [3.05, 3.63) is 70.8 Å². The van der Waals surface area contributed by atoms with Crippen molar-refractivity contribution in [1.29, 1.82) is 0 Å². The molecule has 0 aliphatic carbocycles. The van der Waals surface area contributed by atoms with E-state index in [0.29, 0.717) is 12.0 Å². The van der Waals surface area contributed by atoms with Crippen molar-refractivity contribution >= 4 is 0 Å². The van der Waals surface area contributed by atoms with Gasteiger partial charge >= 0.3 is 0 Å². The van der Waals surface area contributed by atoms with Crippen LogP contribution in [-0.2, 0) is 6.42 Å². The molecule has 4 heteroatoms. The van der Waals surface area contributed by atoms with Crippen LogP contribution in [0, 0.1) is 18.6 Å². The van der Waals surface area contributed by atoms with Gasteiger partial charge in [0.15, 0.2) is 0 Å². The van der Waals surface area contributed by atoms with Gasteiger partial charge in [-0.15, -0.1) is 0 Å². The number of hydrogen-bond donors (Lipinski definition) is 2. The molecule has 0 radical (unpaired) electrons. The summed E-state index contributed by atoms with van der Waals surface area (Å²) in [4.78, 5) is 0. The van der Waals surface area contributed by atoms with Crippen LogP contribution in [0.4, 0.5) is 8.78 Å². The minimum absolute atomic E-state index is 0.366. The van der Waals surface area contributed by atoms with E-state index in [1.165, 1.54) is 12.1 Å². The Morgan fingerprint density at radius 3 is 2.58 bits per heavy atom. The first-order valence-corrected chi connectivity index (χ1v) is 6.07. The van der Waals surface area contributed by atoms with Crippen LogP contribution in [0.3, 0.4) is 0 Å². The van der Waals surface area contributed by atoms with Crippen molar-refractivity contribution < 1.29 is 8.78 Å². The van der Waals surface area contributed by atoms with Crippen molar-refractivity contribution in [3.63, 3.8) is 0 Å². The summed E-state index contributed by atoms with van der Waals surface area (Å²) < 4.78 is 26.6. The van der Waals surface area contributed by atoms with Gasteiger partial charge in [-0.2, -0.15) is 0 Å². The van der Waals surface area contributed by atoms with E-state index in [1.807, 2.05) is 31.2 Å². The Bertz CT molecular complexity index is 570. The Kier molecular flexibility index (Phi) is 4.24. The molecule has 2 nitrogen and oxygen atoms in total. The minimum atomic E-state index is -0.590. The highest BCUT2D eigenvalue weighted by Crippen LogP contribution is 2.21. The lowest BCUT2D eigenvalue weighted by Crippen LogP contribution is -2.30. The van der Waals surface area contributed by atoms with Crippen LogP contribution in [0.25, 0.3) is 0 Å². The molecular formula is C15H16F2N2. The quantitative estimate of drug-likeness (QED) is 0.656. The van der Waals surface area contributed by atoms with E-state index in [0.717, 1.165) is 17.2 Å². The molecule has 0 aromatic heterocycles. The lowest BCUT2D eigenvalue weighted by Gasteiger charge is -2.17. The molecule has 0 aliphatic rings. The van der Waals surface area contributed by atoms with Crippen LogP contribution in [0.5, 0.6) is 0 Å². The van der Waals surface area contributed by atoms with Gasteiger partial charge in [0.1, 0.15) is 11.6 Å². The van der Waals surface area contributed by atoms with Crippen LogP contribution in [0.2, 0.25) is 0 Å². The number of hydrogen-bond acceptors (Lipinski definition) is 2. The fraction of sp³-hybridized carbons (Fsp3) is 0.200. The summed E-state index contributed by atoms with van der Waals surface area (Å²) in [7, 11) is 0.